The monoisotopic (exact) mass is 296 g/mol. The van der Waals surface area contributed by atoms with Crippen molar-refractivity contribution in [1.82, 2.24) is 0 Å². The summed E-state index contributed by atoms with van der Waals surface area (Å²) >= 11 is 0. The van der Waals surface area contributed by atoms with E-state index in [-0.39, 0.29) is 12.2 Å². The summed E-state index contributed by atoms with van der Waals surface area (Å²) in [6.45, 7) is 0.133. The van der Waals surface area contributed by atoms with Gasteiger partial charge in [0.25, 0.3) is 5.78 Å². The number of anilines is 2. The molecular weight excluding hydrogens is 284 g/mol. The highest BCUT2D eigenvalue weighted by Crippen LogP contribution is 2.28. The van der Waals surface area contributed by atoms with Crippen molar-refractivity contribution in [3.05, 3.63) is 59.7 Å². The SMILES string of the molecule is O=C(O)c1ccc(NCN2C(=O)C(=O)c3ccccc32)cc1. The van der Waals surface area contributed by atoms with Gasteiger partial charge in [0, 0.05) is 5.69 Å². The third-order valence-corrected chi connectivity index (χ3v) is 3.45. The number of aromatic carboxylic acids is 1. The Hall–Kier alpha value is -3.15. The van der Waals surface area contributed by atoms with E-state index in [0.29, 0.717) is 16.9 Å². The Balaban J connectivity index is 1.75. The molecule has 0 bridgehead atoms. The maximum absolute atomic E-state index is 12.0. The largest absolute Gasteiger partial charge is 0.478 e. The predicted molar refractivity (Wildman–Crippen MR) is 80.1 cm³/mol. The highest BCUT2D eigenvalue weighted by atomic mass is 16.4. The van der Waals surface area contributed by atoms with Crippen LogP contribution < -0.4 is 10.2 Å². The summed E-state index contributed by atoms with van der Waals surface area (Å²) in [5.74, 6) is -2.09. The number of Topliss-reactive ketones (excluding diaryl/α,β-unsaturated/α-hetero) is 1. The van der Waals surface area contributed by atoms with Gasteiger partial charge >= 0.3 is 11.9 Å². The van der Waals surface area contributed by atoms with Gasteiger partial charge in [-0.15, -0.1) is 0 Å². The zero-order chi connectivity index (χ0) is 15.7. The van der Waals surface area contributed by atoms with Crippen LogP contribution in [-0.4, -0.2) is 29.4 Å². The van der Waals surface area contributed by atoms with Gasteiger partial charge in [-0.25, -0.2) is 4.79 Å². The topological polar surface area (TPSA) is 86.7 Å². The first kappa shape index (κ1) is 13.8. The number of hydrogen-bond donors (Lipinski definition) is 2. The van der Waals surface area contributed by atoms with Crippen molar-refractivity contribution in [2.24, 2.45) is 0 Å². The lowest BCUT2D eigenvalue weighted by Gasteiger charge is -2.18. The molecule has 0 aromatic heterocycles. The Morgan fingerprint density at radius 2 is 1.73 bits per heavy atom. The van der Waals surface area contributed by atoms with E-state index in [1.807, 2.05) is 0 Å². The molecule has 0 atom stereocenters. The number of rotatable bonds is 4. The number of nitrogens with one attached hydrogen (secondary N) is 1. The number of benzene rings is 2. The molecule has 1 heterocycles. The van der Waals surface area contributed by atoms with Crippen LogP contribution in [0.5, 0.6) is 0 Å². The van der Waals surface area contributed by atoms with Gasteiger partial charge in [-0.3, -0.25) is 14.5 Å². The maximum atomic E-state index is 12.0. The van der Waals surface area contributed by atoms with Gasteiger partial charge in [0.05, 0.1) is 23.5 Å². The number of para-hydroxylation sites is 1. The average molecular weight is 296 g/mol. The van der Waals surface area contributed by atoms with E-state index < -0.39 is 17.7 Å². The molecular formula is C16H12N2O4. The predicted octanol–water partition coefficient (Wildman–Crippen LogP) is 1.98. The summed E-state index contributed by atoms with van der Waals surface area (Å²) in [7, 11) is 0. The Labute approximate surface area is 126 Å². The molecule has 0 unspecified atom stereocenters. The second kappa shape index (κ2) is 5.33. The zero-order valence-electron chi connectivity index (χ0n) is 11.4. The fraction of sp³-hybridized carbons (Fsp3) is 0.0625. The molecule has 0 aliphatic carbocycles. The van der Waals surface area contributed by atoms with Crippen molar-refractivity contribution in [1.29, 1.82) is 0 Å². The van der Waals surface area contributed by atoms with Gasteiger partial charge in [-0.05, 0) is 36.4 Å². The second-order valence-corrected chi connectivity index (χ2v) is 4.80. The van der Waals surface area contributed by atoms with Crippen LogP contribution in [0.2, 0.25) is 0 Å². The Morgan fingerprint density at radius 3 is 2.41 bits per heavy atom. The van der Waals surface area contributed by atoms with Crippen molar-refractivity contribution in [3.63, 3.8) is 0 Å². The quantitative estimate of drug-likeness (QED) is 0.842. The number of carboxylic acid groups (broad SMARTS) is 1. The van der Waals surface area contributed by atoms with Crippen molar-refractivity contribution < 1.29 is 19.5 Å². The lowest BCUT2D eigenvalue weighted by atomic mass is 10.1. The molecule has 110 valence electrons. The van der Waals surface area contributed by atoms with Crippen LogP contribution >= 0.6 is 0 Å². The van der Waals surface area contributed by atoms with E-state index in [4.69, 9.17) is 5.11 Å². The highest BCUT2D eigenvalue weighted by molar-refractivity contribution is 6.52. The number of nitrogens with zero attached hydrogens (tertiary/aromatic N) is 1. The highest BCUT2D eigenvalue weighted by Gasteiger charge is 2.35. The molecule has 0 saturated heterocycles. The van der Waals surface area contributed by atoms with Crippen LogP contribution in [-0.2, 0) is 4.79 Å². The number of amides is 1. The number of carboxylic acids is 1. The molecule has 1 aliphatic rings. The second-order valence-electron chi connectivity index (χ2n) is 4.80. The number of carbonyl (C=O) groups is 3. The number of carbonyl (C=O) groups excluding carboxylic acids is 2. The van der Waals surface area contributed by atoms with Crippen LogP contribution in [0.4, 0.5) is 11.4 Å². The molecule has 3 rings (SSSR count). The van der Waals surface area contributed by atoms with Gasteiger partial charge in [0.1, 0.15) is 0 Å². The molecule has 2 aromatic rings. The van der Waals surface area contributed by atoms with Crippen LogP contribution in [0, 0.1) is 0 Å². The summed E-state index contributed by atoms with van der Waals surface area (Å²) in [4.78, 5) is 36.0. The molecule has 0 saturated carbocycles. The summed E-state index contributed by atoms with van der Waals surface area (Å²) < 4.78 is 0. The summed E-state index contributed by atoms with van der Waals surface area (Å²) in [6.07, 6.45) is 0. The summed E-state index contributed by atoms with van der Waals surface area (Å²) in [6, 6.07) is 13.0. The molecule has 0 fully saturated rings. The van der Waals surface area contributed by atoms with Gasteiger partial charge in [-0.2, -0.15) is 0 Å². The lowest BCUT2D eigenvalue weighted by molar-refractivity contribution is -0.114. The standard InChI is InChI=1S/C16H12N2O4/c19-14-12-3-1-2-4-13(12)18(15(14)20)9-17-11-7-5-10(6-8-11)16(21)22/h1-8,17H,9H2,(H,21,22). The zero-order valence-corrected chi connectivity index (χ0v) is 11.4. The number of hydrogen-bond acceptors (Lipinski definition) is 4. The number of fused-ring (bicyclic) bond motifs is 1. The molecule has 2 aromatic carbocycles. The Bertz CT molecular complexity index is 768. The van der Waals surface area contributed by atoms with Gasteiger partial charge in [0.2, 0.25) is 0 Å². The van der Waals surface area contributed by atoms with Crippen molar-refractivity contribution in [2.45, 2.75) is 0 Å². The Morgan fingerprint density at radius 1 is 1.05 bits per heavy atom. The lowest BCUT2D eigenvalue weighted by Crippen LogP contribution is -2.34. The van der Waals surface area contributed by atoms with Crippen LogP contribution in [0.25, 0.3) is 0 Å². The molecule has 22 heavy (non-hydrogen) atoms. The minimum Gasteiger partial charge on any atom is -0.478 e. The van der Waals surface area contributed by atoms with E-state index in [1.165, 1.54) is 17.0 Å². The van der Waals surface area contributed by atoms with Crippen molar-refractivity contribution >= 4 is 29.0 Å². The fourth-order valence-electron chi connectivity index (χ4n) is 2.31. The molecule has 0 spiro atoms. The minimum atomic E-state index is -0.999. The van der Waals surface area contributed by atoms with Crippen LogP contribution in [0.15, 0.2) is 48.5 Å². The van der Waals surface area contributed by atoms with E-state index >= 15 is 0 Å². The molecule has 6 heteroatoms. The molecule has 1 aliphatic heterocycles. The molecule has 6 nitrogen and oxygen atoms in total. The van der Waals surface area contributed by atoms with Crippen molar-refractivity contribution in [3.8, 4) is 0 Å². The molecule has 0 radical (unpaired) electrons. The number of ketones is 1. The third kappa shape index (κ3) is 2.31. The van der Waals surface area contributed by atoms with Crippen molar-refractivity contribution in [2.75, 3.05) is 16.9 Å². The normalized spacial score (nSPS) is 13.2. The first-order valence-corrected chi connectivity index (χ1v) is 6.60. The van der Waals surface area contributed by atoms with E-state index in [1.54, 1.807) is 36.4 Å². The Kier molecular flexibility index (Phi) is 3.34. The summed E-state index contributed by atoms with van der Waals surface area (Å²) in [5, 5.41) is 11.8. The van der Waals surface area contributed by atoms with E-state index in [9.17, 15) is 14.4 Å². The maximum Gasteiger partial charge on any atom is 0.335 e. The average Bonchev–Trinajstić information content (AvgIpc) is 2.78. The van der Waals surface area contributed by atoms with Crippen LogP contribution in [0.3, 0.4) is 0 Å². The smallest absolute Gasteiger partial charge is 0.335 e. The molecule has 1 amide bonds. The van der Waals surface area contributed by atoms with E-state index in [0.717, 1.165) is 0 Å². The van der Waals surface area contributed by atoms with Crippen LogP contribution in [0.1, 0.15) is 20.7 Å². The van der Waals surface area contributed by atoms with E-state index in [2.05, 4.69) is 5.32 Å². The van der Waals surface area contributed by atoms with Gasteiger partial charge in [-0.1, -0.05) is 12.1 Å². The van der Waals surface area contributed by atoms with Gasteiger partial charge < -0.3 is 10.4 Å². The first-order chi connectivity index (χ1) is 10.6. The summed E-state index contributed by atoms with van der Waals surface area (Å²) in [5.41, 5.74) is 1.82. The first-order valence-electron chi connectivity index (χ1n) is 6.60. The molecule has 2 N–H and O–H groups in total. The van der Waals surface area contributed by atoms with Gasteiger partial charge in [0.15, 0.2) is 0 Å². The minimum absolute atomic E-state index is 0.133. The fourth-order valence-corrected chi connectivity index (χ4v) is 2.31. The third-order valence-electron chi connectivity index (χ3n) is 3.45.